The molecule has 0 fully saturated rings. The Morgan fingerprint density at radius 2 is 1.88 bits per heavy atom. The molecule has 4 nitrogen and oxygen atoms in total. The van der Waals surface area contributed by atoms with Crippen molar-refractivity contribution in [2.45, 2.75) is 32.6 Å². The smallest absolute Gasteiger partial charge is 0.307 e. The standard InChI is InChI=1S/C20H19NO3S/c1-11-7-12(2)9-15(8-11)24-14-4-6-16-13(10-14)3-5-17(16)18-19(22)21-20(23)25-18/h4,6-10,17,22H,3,5H2,1-2H3,(H,21,23). The Kier molecular flexibility index (Phi) is 3.88. The number of aromatic amines is 1. The molecular weight excluding hydrogens is 334 g/mol. The van der Waals surface area contributed by atoms with Gasteiger partial charge in [0.05, 0.1) is 4.88 Å². The first-order valence-corrected chi connectivity index (χ1v) is 9.12. The summed E-state index contributed by atoms with van der Waals surface area (Å²) in [5, 5.41) is 9.95. The van der Waals surface area contributed by atoms with Crippen molar-refractivity contribution < 1.29 is 9.84 Å². The zero-order valence-electron chi connectivity index (χ0n) is 14.1. The molecule has 128 valence electrons. The van der Waals surface area contributed by atoms with E-state index in [1.54, 1.807) is 0 Å². The molecule has 2 aromatic carbocycles. The summed E-state index contributed by atoms with van der Waals surface area (Å²) < 4.78 is 6.03. The number of ether oxygens (including phenoxy) is 1. The molecule has 4 rings (SSSR count). The summed E-state index contributed by atoms with van der Waals surface area (Å²) >= 11 is 1.09. The minimum absolute atomic E-state index is 0.00316. The van der Waals surface area contributed by atoms with E-state index >= 15 is 0 Å². The van der Waals surface area contributed by atoms with Crippen LogP contribution < -0.4 is 9.61 Å². The van der Waals surface area contributed by atoms with Gasteiger partial charge in [0.1, 0.15) is 11.5 Å². The van der Waals surface area contributed by atoms with E-state index in [0.29, 0.717) is 0 Å². The number of aromatic hydroxyl groups is 1. The maximum Gasteiger partial charge on any atom is 0.307 e. The maximum atomic E-state index is 11.5. The Bertz CT molecular complexity index is 982. The van der Waals surface area contributed by atoms with Gasteiger partial charge in [0.2, 0.25) is 5.88 Å². The molecule has 0 aliphatic heterocycles. The van der Waals surface area contributed by atoms with E-state index in [-0.39, 0.29) is 16.7 Å². The van der Waals surface area contributed by atoms with Gasteiger partial charge in [-0.1, -0.05) is 23.5 Å². The second-order valence-electron chi connectivity index (χ2n) is 6.60. The highest BCUT2D eigenvalue weighted by molar-refractivity contribution is 7.09. The van der Waals surface area contributed by atoms with Crippen molar-refractivity contribution in [3.63, 3.8) is 0 Å². The highest BCUT2D eigenvalue weighted by Crippen LogP contribution is 2.43. The van der Waals surface area contributed by atoms with Crippen LogP contribution >= 0.6 is 11.3 Å². The van der Waals surface area contributed by atoms with E-state index in [2.05, 4.69) is 37.0 Å². The molecule has 0 saturated carbocycles. The fourth-order valence-corrected chi connectivity index (χ4v) is 4.51. The molecule has 1 heterocycles. The maximum absolute atomic E-state index is 11.5. The molecule has 1 aliphatic carbocycles. The Morgan fingerprint density at radius 3 is 2.56 bits per heavy atom. The molecule has 1 unspecified atom stereocenters. The quantitative estimate of drug-likeness (QED) is 0.722. The average Bonchev–Trinajstić information content (AvgIpc) is 3.08. The number of thiazole rings is 1. The molecule has 1 aromatic heterocycles. The molecule has 3 aromatic rings. The van der Waals surface area contributed by atoms with Gasteiger partial charge in [-0.25, -0.2) is 0 Å². The molecule has 0 saturated heterocycles. The lowest BCUT2D eigenvalue weighted by atomic mass is 10.00. The zero-order chi connectivity index (χ0) is 17.6. The van der Waals surface area contributed by atoms with Crippen LogP contribution in [0.4, 0.5) is 0 Å². The molecule has 1 atom stereocenters. The lowest BCUT2D eigenvalue weighted by molar-refractivity contribution is 0.447. The summed E-state index contributed by atoms with van der Waals surface area (Å²) in [6, 6.07) is 12.3. The minimum Gasteiger partial charge on any atom is -0.494 e. The van der Waals surface area contributed by atoms with Gasteiger partial charge in [-0.15, -0.1) is 0 Å². The van der Waals surface area contributed by atoms with Crippen molar-refractivity contribution in [3.05, 3.63) is 73.2 Å². The number of hydrogen-bond acceptors (Lipinski definition) is 4. The highest BCUT2D eigenvalue weighted by Gasteiger charge is 2.28. The van der Waals surface area contributed by atoms with Gasteiger partial charge in [0.25, 0.3) is 0 Å². The molecule has 25 heavy (non-hydrogen) atoms. The number of aromatic nitrogens is 1. The topological polar surface area (TPSA) is 62.3 Å². The monoisotopic (exact) mass is 353 g/mol. The van der Waals surface area contributed by atoms with Gasteiger partial charge in [-0.2, -0.15) is 0 Å². The second-order valence-corrected chi connectivity index (χ2v) is 7.62. The number of fused-ring (bicyclic) bond motifs is 1. The number of rotatable bonds is 3. The molecule has 0 spiro atoms. The van der Waals surface area contributed by atoms with Gasteiger partial charge in [0.15, 0.2) is 0 Å². The van der Waals surface area contributed by atoms with Crippen LogP contribution in [0.5, 0.6) is 17.4 Å². The molecule has 1 aliphatic rings. The largest absolute Gasteiger partial charge is 0.494 e. The van der Waals surface area contributed by atoms with E-state index in [4.69, 9.17) is 4.74 Å². The lowest BCUT2D eigenvalue weighted by Crippen LogP contribution is -1.94. The Hall–Kier alpha value is -2.53. The van der Waals surface area contributed by atoms with Crippen molar-refractivity contribution in [3.8, 4) is 17.4 Å². The Balaban J connectivity index is 1.63. The summed E-state index contributed by atoms with van der Waals surface area (Å²) in [6.45, 7) is 4.11. The molecule has 2 N–H and O–H groups in total. The number of nitrogens with one attached hydrogen (secondary N) is 1. The Labute approximate surface area is 149 Å². The van der Waals surface area contributed by atoms with Crippen molar-refractivity contribution in [1.29, 1.82) is 0 Å². The summed E-state index contributed by atoms with van der Waals surface area (Å²) in [4.78, 5) is 14.5. The summed E-state index contributed by atoms with van der Waals surface area (Å²) in [7, 11) is 0. The van der Waals surface area contributed by atoms with Crippen molar-refractivity contribution in [2.75, 3.05) is 0 Å². The van der Waals surface area contributed by atoms with E-state index < -0.39 is 0 Å². The van der Waals surface area contributed by atoms with Gasteiger partial charge in [0, 0.05) is 5.92 Å². The first-order chi connectivity index (χ1) is 12.0. The van der Waals surface area contributed by atoms with Crippen LogP contribution in [0.1, 0.15) is 39.5 Å². The van der Waals surface area contributed by atoms with E-state index in [1.807, 2.05) is 18.2 Å². The number of H-pyrrole nitrogens is 1. The van der Waals surface area contributed by atoms with Crippen LogP contribution in [0.3, 0.4) is 0 Å². The summed E-state index contributed by atoms with van der Waals surface area (Å²) in [5.41, 5.74) is 4.73. The van der Waals surface area contributed by atoms with Gasteiger partial charge >= 0.3 is 4.87 Å². The first kappa shape index (κ1) is 16.0. The van der Waals surface area contributed by atoms with Crippen LogP contribution in [0.2, 0.25) is 0 Å². The summed E-state index contributed by atoms with van der Waals surface area (Å²) in [5.74, 6) is 1.74. The fraction of sp³-hybridized carbons (Fsp3) is 0.250. The zero-order valence-corrected chi connectivity index (χ0v) is 14.9. The Morgan fingerprint density at radius 1 is 1.12 bits per heavy atom. The number of aryl methyl sites for hydroxylation is 3. The van der Waals surface area contributed by atoms with E-state index in [1.165, 1.54) is 22.3 Å². The van der Waals surface area contributed by atoms with Crippen molar-refractivity contribution in [1.82, 2.24) is 4.98 Å². The third-order valence-corrected chi connectivity index (χ3v) is 5.58. The van der Waals surface area contributed by atoms with Crippen LogP contribution in [0, 0.1) is 13.8 Å². The molecular formula is C20H19NO3S. The van der Waals surface area contributed by atoms with Crippen molar-refractivity contribution in [2.24, 2.45) is 0 Å². The molecule has 0 radical (unpaired) electrons. The summed E-state index contributed by atoms with van der Waals surface area (Å²) in [6.07, 6.45) is 1.80. The van der Waals surface area contributed by atoms with Crippen LogP contribution in [0.25, 0.3) is 0 Å². The van der Waals surface area contributed by atoms with E-state index in [9.17, 15) is 9.90 Å². The minimum atomic E-state index is -0.212. The number of hydrogen-bond donors (Lipinski definition) is 2. The fourth-order valence-electron chi connectivity index (χ4n) is 3.63. The van der Waals surface area contributed by atoms with Gasteiger partial charge in [-0.05, 0) is 73.2 Å². The molecule has 0 amide bonds. The third kappa shape index (κ3) is 3.07. The third-order valence-electron chi connectivity index (χ3n) is 4.60. The average molecular weight is 353 g/mol. The van der Waals surface area contributed by atoms with E-state index in [0.717, 1.165) is 40.6 Å². The first-order valence-electron chi connectivity index (χ1n) is 8.30. The molecule has 0 bridgehead atoms. The van der Waals surface area contributed by atoms with Crippen LogP contribution in [0.15, 0.2) is 41.2 Å². The second kappa shape index (κ2) is 6.08. The van der Waals surface area contributed by atoms with Crippen LogP contribution in [-0.4, -0.2) is 10.1 Å². The SMILES string of the molecule is Cc1cc(C)cc(Oc2ccc3c(c2)CCC3c2sc(=O)[nH]c2O)c1. The van der Waals surface area contributed by atoms with Gasteiger partial charge in [-0.3, -0.25) is 9.78 Å². The predicted molar refractivity (Wildman–Crippen MR) is 99.2 cm³/mol. The highest BCUT2D eigenvalue weighted by atomic mass is 32.1. The predicted octanol–water partition coefficient (Wildman–Crippen LogP) is 4.63. The normalized spacial score (nSPS) is 16.0. The van der Waals surface area contributed by atoms with Crippen molar-refractivity contribution >= 4 is 11.3 Å². The van der Waals surface area contributed by atoms with Crippen LogP contribution in [-0.2, 0) is 6.42 Å². The van der Waals surface area contributed by atoms with Gasteiger partial charge < -0.3 is 9.84 Å². The molecule has 5 heteroatoms. The number of benzene rings is 2. The lowest BCUT2D eigenvalue weighted by Gasteiger charge is -2.12.